The second kappa shape index (κ2) is 7.62. The van der Waals surface area contributed by atoms with Crippen molar-refractivity contribution in [2.75, 3.05) is 6.54 Å². The molecule has 0 aliphatic rings. The van der Waals surface area contributed by atoms with Gasteiger partial charge in [0.1, 0.15) is 11.9 Å². The summed E-state index contributed by atoms with van der Waals surface area (Å²) in [5.74, 6) is 0. The fraction of sp³-hybridized carbons (Fsp3) is 0.412. The molecule has 0 saturated carbocycles. The molecule has 0 bridgehead atoms. The van der Waals surface area contributed by atoms with Crippen LogP contribution in [0.25, 0.3) is 6.08 Å². The van der Waals surface area contributed by atoms with Gasteiger partial charge in [-0.25, -0.2) is 4.79 Å². The number of alkyl carbamates (subject to hydrolysis) is 1. The predicted molar refractivity (Wildman–Crippen MR) is 84.5 cm³/mol. The summed E-state index contributed by atoms with van der Waals surface area (Å²) in [6.45, 7) is 7.99. The molecule has 1 rings (SSSR count). The van der Waals surface area contributed by atoms with Crippen molar-refractivity contribution in [2.24, 2.45) is 0 Å². The Hall–Kier alpha value is -2.10. The van der Waals surface area contributed by atoms with E-state index in [1.54, 1.807) is 6.07 Å². The number of hydrogen-bond donors (Lipinski definition) is 1. The zero-order chi connectivity index (χ0) is 15.9. The number of aryl methyl sites for hydroxylation is 1. The second-order valence-electron chi connectivity index (χ2n) is 5.85. The SMILES string of the molecule is Cc1ccc(C=O)cc1C=CCCNC(=O)OC(C)(C)C. The number of ether oxygens (including phenoxy) is 1. The average Bonchev–Trinajstić information content (AvgIpc) is 2.38. The van der Waals surface area contributed by atoms with Crippen LogP contribution in [0.2, 0.25) is 0 Å². The van der Waals surface area contributed by atoms with Gasteiger partial charge in [-0.2, -0.15) is 0 Å². The van der Waals surface area contributed by atoms with Gasteiger partial charge >= 0.3 is 6.09 Å². The van der Waals surface area contributed by atoms with Gasteiger partial charge in [0.2, 0.25) is 0 Å². The molecule has 0 atom stereocenters. The minimum atomic E-state index is -0.480. The summed E-state index contributed by atoms with van der Waals surface area (Å²) < 4.78 is 5.14. The highest BCUT2D eigenvalue weighted by atomic mass is 16.6. The smallest absolute Gasteiger partial charge is 0.407 e. The van der Waals surface area contributed by atoms with Gasteiger partial charge in [0.05, 0.1) is 0 Å². The first kappa shape index (κ1) is 17.0. The highest BCUT2D eigenvalue weighted by Gasteiger charge is 2.15. The van der Waals surface area contributed by atoms with Gasteiger partial charge in [-0.15, -0.1) is 0 Å². The average molecular weight is 289 g/mol. The Kier molecular flexibility index (Phi) is 6.15. The Balaban J connectivity index is 2.42. The van der Waals surface area contributed by atoms with E-state index in [4.69, 9.17) is 4.74 Å². The van der Waals surface area contributed by atoms with E-state index in [1.807, 2.05) is 52.0 Å². The van der Waals surface area contributed by atoms with Crippen molar-refractivity contribution in [1.29, 1.82) is 0 Å². The lowest BCUT2D eigenvalue weighted by molar-refractivity contribution is 0.0528. The summed E-state index contributed by atoms with van der Waals surface area (Å²) in [5.41, 5.74) is 2.30. The van der Waals surface area contributed by atoms with Gasteiger partial charge in [-0.1, -0.05) is 24.3 Å². The molecule has 1 N–H and O–H groups in total. The van der Waals surface area contributed by atoms with Crippen LogP contribution in [0.1, 0.15) is 48.7 Å². The maximum Gasteiger partial charge on any atom is 0.407 e. The molecule has 0 heterocycles. The van der Waals surface area contributed by atoms with Crippen molar-refractivity contribution in [1.82, 2.24) is 5.32 Å². The summed E-state index contributed by atoms with van der Waals surface area (Å²) in [6, 6.07) is 5.56. The minimum absolute atomic E-state index is 0.407. The maximum absolute atomic E-state index is 11.4. The minimum Gasteiger partial charge on any atom is -0.444 e. The van der Waals surface area contributed by atoms with Crippen LogP contribution in [0, 0.1) is 6.92 Å². The van der Waals surface area contributed by atoms with Crippen molar-refractivity contribution >= 4 is 18.5 Å². The molecule has 4 heteroatoms. The largest absolute Gasteiger partial charge is 0.444 e. The topological polar surface area (TPSA) is 55.4 Å². The van der Waals surface area contributed by atoms with E-state index >= 15 is 0 Å². The lowest BCUT2D eigenvalue weighted by Gasteiger charge is -2.19. The van der Waals surface area contributed by atoms with Crippen molar-refractivity contribution in [2.45, 2.75) is 39.7 Å². The molecule has 0 aliphatic heterocycles. The molecule has 0 unspecified atom stereocenters. The molecule has 1 aromatic rings. The molecule has 1 amide bonds. The van der Waals surface area contributed by atoms with E-state index < -0.39 is 11.7 Å². The normalized spacial score (nSPS) is 11.4. The number of aldehydes is 1. The van der Waals surface area contributed by atoms with Gasteiger partial charge in [-0.05, 0) is 51.3 Å². The van der Waals surface area contributed by atoms with Crippen molar-refractivity contribution in [3.63, 3.8) is 0 Å². The first-order valence-electron chi connectivity index (χ1n) is 7.01. The fourth-order valence-electron chi connectivity index (χ4n) is 1.69. The van der Waals surface area contributed by atoms with E-state index in [0.29, 0.717) is 18.5 Å². The molecule has 1 aromatic carbocycles. The van der Waals surface area contributed by atoms with Crippen LogP contribution < -0.4 is 5.32 Å². The highest BCUT2D eigenvalue weighted by molar-refractivity contribution is 5.77. The Morgan fingerprint density at radius 3 is 2.67 bits per heavy atom. The van der Waals surface area contributed by atoms with E-state index in [0.717, 1.165) is 17.4 Å². The highest BCUT2D eigenvalue weighted by Crippen LogP contribution is 2.12. The van der Waals surface area contributed by atoms with Crippen molar-refractivity contribution in [3.05, 3.63) is 41.0 Å². The zero-order valence-corrected chi connectivity index (χ0v) is 13.1. The number of nitrogens with one attached hydrogen (secondary N) is 1. The molecule has 0 radical (unpaired) electrons. The van der Waals surface area contributed by atoms with Crippen LogP contribution in [0.3, 0.4) is 0 Å². The molecule has 21 heavy (non-hydrogen) atoms. The first-order valence-corrected chi connectivity index (χ1v) is 7.01. The monoisotopic (exact) mass is 289 g/mol. The fourth-order valence-corrected chi connectivity index (χ4v) is 1.69. The Morgan fingerprint density at radius 1 is 1.33 bits per heavy atom. The van der Waals surface area contributed by atoms with E-state index in [2.05, 4.69) is 5.32 Å². The number of benzene rings is 1. The summed E-state index contributed by atoms with van der Waals surface area (Å²) in [5, 5.41) is 2.69. The van der Waals surface area contributed by atoms with Crippen molar-refractivity contribution < 1.29 is 14.3 Å². The van der Waals surface area contributed by atoms with Gasteiger partial charge in [0.15, 0.2) is 0 Å². The summed E-state index contributed by atoms with van der Waals surface area (Å²) in [6.07, 6.45) is 5.05. The molecular formula is C17H23NO3. The lowest BCUT2D eigenvalue weighted by Crippen LogP contribution is -2.32. The van der Waals surface area contributed by atoms with Crippen LogP contribution in [-0.2, 0) is 4.74 Å². The van der Waals surface area contributed by atoms with Gasteiger partial charge < -0.3 is 10.1 Å². The number of amides is 1. The number of carbonyl (C=O) groups is 2. The van der Waals surface area contributed by atoms with Crippen LogP contribution in [0.15, 0.2) is 24.3 Å². The number of hydrogen-bond acceptors (Lipinski definition) is 3. The predicted octanol–water partition coefficient (Wildman–Crippen LogP) is 3.74. The molecule has 114 valence electrons. The van der Waals surface area contributed by atoms with Crippen LogP contribution in [-0.4, -0.2) is 24.5 Å². The molecular weight excluding hydrogens is 266 g/mol. The molecule has 0 fully saturated rings. The Morgan fingerprint density at radius 2 is 2.05 bits per heavy atom. The third kappa shape index (κ3) is 6.75. The van der Waals surface area contributed by atoms with E-state index in [9.17, 15) is 9.59 Å². The van der Waals surface area contributed by atoms with Crippen molar-refractivity contribution in [3.8, 4) is 0 Å². The number of rotatable bonds is 5. The summed E-state index contributed by atoms with van der Waals surface area (Å²) >= 11 is 0. The van der Waals surface area contributed by atoms with Crippen LogP contribution >= 0.6 is 0 Å². The maximum atomic E-state index is 11.4. The second-order valence-corrected chi connectivity index (χ2v) is 5.85. The van der Waals surface area contributed by atoms with E-state index in [1.165, 1.54) is 0 Å². The van der Waals surface area contributed by atoms with Gasteiger partial charge in [-0.3, -0.25) is 4.79 Å². The van der Waals surface area contributed by atoms with Crippen LogP contribution in [0.4, 0.5) is 4.79 Å². The van der Waals surface area contributed by atoms with Crippen LogP contribution in [0.5, 0.6) is 0 Å². The number of carbonyl (C=O) groups excluding carboxylic acids is 2. The molecule has 0 aliphatic carbocycles. The lowest BCUT2D eigenvalue weighted by atomic mass is 10.0. The van der Waals surface area contributed by atoms with Gasteiger partial charge in [0.25, 0.3) is 0 Å². The summed E-state index contributed by atoms with van der Waals surface area (Å²) in [7, 11) is 0. The standard InChI is InChI=1S/C17H23NO3/c1-13-8-9-14(12-19)11-15(13)7-5-6-10-18-16(20)21-17(2,3)4/h5,7-9,11-12H,6,10H2,1-4H3,(H,18,20). The third-order valence-corrected chi connectivity index (χ3v) is 2.72. The third-order valence-electron chi connectivity index (χ3n) is 2.72. The zero-order valence-electron chi connectivity index (χ0n) is 13.1. The van der Waals surface area contributed by atoms with E-state index in [-0.39, 0.29) is 0 Å². The molecule has 0 aromatic heterocycles. The molecule has 0 spiro atoms. The Labute approximate surface area is 126 Å². The first-order chi connectivity index (χ1) is 9.81. The molecule has 4 nitrogen and oxygen atoms in total. The quantitative estimate of drug-likeness (QED) is 0.663. The Bertz CT molecular complexity index is 527. The van der Waals surface area contributed by atoms with Gasteiger partial charge in [0, 0.05) is 12.1 Å². The molecule has 0 saturated heterocycles. The summed E-state index contributed by atoms with van der Waals surface area (Å²) in [4.78, 5) is 22.2.